The lowest BCUT2D eigenvalue weighted by Gasteiger charge is -2.20. The van der Waals surface area contributed by atoms with Gasteiger partial charge in [0.05, 0.1) is 11.7 Å². The average Bonchev–Trinajstić information content (AvgIpc) is 3.28. The summed E-state index contributed by atoms with van der Waals surface area (Å²) in [6.07, 6.45) is 4.74. The van der Waals surface area contributed by atoms with Crippen LogP contribution in [0.4, 0.5) is 0 Å². The van der Waals surface area contributed by atoms with Gasteiger partial charge in [-0.3, -0.25) is 19.3 Å². The fourth-order valence-electron chi connectivity index (χ4n) is 2.40. The quantitative estimate of drug-likeness (QED) is 0.854. The van der Waals surface area contributed by atoms with Crippen molar-refractivity contribution in [3.05, 3.63) is 24.2 Å². The highest BCUT2D eigenvalue weighted by Crippen LogP contribution is 2.27. The van der Waals surface area contributed by atoms with Crippen LogP contribution in [-0.2, 0) is 16.1 Å². The number of nitriles is 1. The van der Waals surface area contributed by atoms with Crippen LogP contribution in [0.5, 0.6) is 0 Å². The van der Waals surface area contributed by atoms with Gasteiger partial charge in [0.1, 0.15) is 19.2 Å². The van der Waals surface area contributed by atoms with E-state index in [1.165, 1.54) is 15.8 Å². The lowest BCUT2D eigenvalue weighted by atomic mass is 10.2. The van der Waals surface area contributed by atoms with E-state index in [0.29, 0.717) is 10.9 Å². The third-order valence-corrected chi connectivity index (χ3v) is 3.56. The first-order chi connectivity index (χ1) is 10.6. The number of amides is 1. The van der Waals surface area contributed by atoms with Gasteiger partial charge < -0.3 is 10.0 Å². The molecule has 0 radical (unpaired) electrons. The van der Waals surface area contributed by atoms with Crippen molar-refractivity contribution in [2.24, 2.45) is 0 Å². The molecule has 2 heterocycles. The lowest BCUT2D eigenvalue weighted by Crippen LogP contribution is -2.39. The first kappa shape index (κ1) is 14.0. The number of nitrogens with zero attached hydrogens (tertiary/aromatic N) is 5. The molecule has 2 aromatic heterocycles. The topological polar surface area (TPSA) is 112 Å². The van der Waals surface area contributed by atoms with Crippen molar-refractivity contribution in [1.82, 2.24) is 19.7 Å². The van der Waals surface area contributed by atoms with Crippen molar-refractivity contribution in [1.29, 1.82) is 5.26 Å². The zero-order valence-electron chi connectivity index (χ0n) is 11.6. The Kier molecular flexibility index (Phi) is 3.47. The molecule has 3 rings (SSSR count). The second kappa shape index (κ2) is 5.44. The maximum atomic E-state index is 12.4. The van der Waals surface area contributed by atoms with Gasteiger partial charge in [0.25, 0.3) is 0 Å². The van der Waals surface area contributed by atoms with Gasteiger partial charge in [-0.25, -0.2) is 0 Å². The summed E-state index contributed by atoms with van der Waals surface area (Å²) >= 11 is 0. The van der Waals surface area contributed by atoms with Gasteiger partial charge in [-0.2, -0.15) is 10.4 Å². The largest absolute Gasteiger partial charge is 0.480 e. The zero-order chi connectivity index (χ0) is 15.7. The molecule has 22 heavy (non-hydrogen) atoms. The minimum Gasteiger partial charge on any atom is -0.480 e. The number of aromatic nitrogens is 3. The van der Waals surface area contributed by atoms with Crippen LogP contribution < -0.4 is 0 Å². The normalized spacial score (nSPS) is 13.8. The van der Waals surface area contributed by atoms with Gasteiger partial charge in [-0.1, -0.05) is 0 Å². The highest BCUT2D eigenvalue weighted by atomic mass is 16.4. The second-order valence-corrected chi connectivity index (χ2v) is 5.16. The van der Waals surface area contributed by atoms with E-state index in [4.69, 9.17) is 10.4 Å². The van der Waals surface area contributed by atoms with Crippen LogP contribution in [0.25, 0.3) is 10.9 Å². The molecular formula is C14H13N5O3. The van der Waals surface area contributed by atoms with E-state index in [-0.39, 0.29) is 30.7 Å². The fraction of sp³-hybridized carbons (Fsp3) is 0.357. The summed E-state index contributed by atoms with van der Waals surface area (Å²) < 4.78 is 1.40. The summed E-state index contributed by atoms with van der Waals surface area (Å²) in [7, 11) is 0. The maximum Gasteiger partial charge on any atom is 0.323 e. The van der Waals surface area contributed by atoms with Crippen molar-refractivity contribution in [2.75, 3.05) is 6.54 Å². The second-order valence-electron chi connectivity index (χ2n) is 5.16. The Morgan fingerprint density at radius 1 is 1.50 bits per heavy atom. The Morgan fingerprint density at radius 3 is 2.91 bits per heavy atom. The lowest BCUT2D eigenvalue weighted by molar-refractivity contribution is -0.145. The number of rotatable bonds is 5. The van der Waals surface area contributed by atoms with Gasteiger partial charge >= 0.3 is 5.97 Å². The van der Waals surface area contributed by atoms with E-state index >= 15 is 0 Å². The first-order valence-corrected chi connectivity index (χ1v) is 6.82. The number of carbonyl (C=O) groups excluding carboxylic acids is 1. The van der Waals surface area contributed by atoms with Gasteiger partial charge in [-0.15, -0.1) is 0 Å². The van der Waals surface area contributed by atoms with E-state index in [2.05, 4.69) is 10.1 Å². The highest BCUT2D eigenvalue weighted by molar-refractivity contribution is 5.86. The summed E-state index contributed by atoms with van der Waals surface area (Å²) in [5.41, 5.74) is 0.805. The minimum atomic E-state index is -1.04. The smallest absolute Gasteiger partial charge is 0.323 e. The molecule has 0 bridgehead atoms. The maximum absolute atomic E-state index is 12.4. The molecule has 0 spiro atoms. The van der Waals surface area contributed by atoms with E-state index in [1.54, 1.807) is 12.3 Å². The summed E-state index contributed by atoms with van der Waals surface area (Å²) in [5, 5.41) is 22.7. The van der Waals surface area contributed by atoms with Crippen LogP contribution in [0.3, 0.4) is 0 Å². The molecule has 0 unspecified atom stereocenters. The first-order valence-electron chi connectivity index (χ1n) is 6.82. The van der Waals surface area contributed by atoms with Gasteiger partial charge in [-0.05, 0) is 18.9 Å². The van der Waals surface area contributed by atoms with Crippen LogP contribution in [0.2, 0.25) is 0 Å². The number of hydrogen-bond donors (Lipinski definition) is 1. The molecular weight excluding hydrogens is 286 g/mol. The minimum absolute atomic E-state index is 0.000936. The summed E-state index contributed by atoms with van der Waals surface area (Å²) in [6, 6.07) is 3.64. The summed E-state index contributed by atoms with van der Waals surface area (Å²) in [4.78, 5) is 28.6. The molecule has 2 aromatic rings. The number of carboxylic acids is 1. The third kappa shape index (κ3) is 2.61. The molecule has 1 N–H and O–H groups in total. The standard InChI is InChI=1S/C14H13N5O3/c15-5-11-10-3-4-16-6-12(10)19(17-11)7-13(20)18(8-14(21)22)9-1-2-9/h3-4,6,9H,1-2,7-8H2,(H,21,22). The number of carbonyl (C=O) groups is 2. The molecule has 8 nitrogen and oxygen atoms in total. The van der Waals surface area contributed by atoms with Gasteiger partial charge in [0.15, 0.2) is 5.69 Å². The fourth-order valence-corrected chi connectivity index (χ4v) is 2.40. The van der Waals surface area contributed by atoms with Crippen LogP contribution >= 0.6 is 0 Å². The molecule has 1 aliphatic rings. The van der Waals surface area contributed by atoms with Crippen molar-refractivity contribution >= 4 is 22.8 Å². The molecule has 1 saturated carbocycles. The van der Waals surface area contributed by atoms with Crippen molar-refractivity contribution in [3.8, 4) is 6.07 Å². The van der Waals surface area contributed by atoms with Crippen LogP contribution in [0.1, 0.15) is 18.5 Å². The Hall–Kier alpha value is -2.95. The number of fused-ring (bicyclic) bond motifs is 1. The Morgan fingerprint density at radius 2 is 2.27 bits per heavy atom. The molecule has 1 amide bonds. The molecule has 0 aromatic carbocycles. The SMILES string of the molecule is N#Cc1nn(CC(=O)N(CC(=O)O)C2CC2)c2cnccc12. The summed E-state index contributed by atoms with van der Waals surface area (Å²) in [6.45, 7) is -0.417. The van der Waals surface area contributed by atoms with Crippen molar-refractivity contribution < 1.29 is 14.7 Å². The predicted octanol–water partition coefficient (Wildman–Crippen LogP) is 0.379. The molecule has 1 aliphatic carbocycles. The average molecular weight is 299 g/mol. The molecule has 112 valence electrons. The van der Waals surface area contributed by atoms with E-state index < -0.39 is 5.97 Å². The Balaban J connectivity index is 1.87. The van der Waals surface area contributed by atoms with Crippen LogP contribution in [-0.4, -0.2) is 49.2 Å². The molecule has 8 heteroatoms. The van der Waals surface area contributed by atoms with E-state index in [1.807, 2.05) is 6.07 Å². The number of pyridine rings is 1. The Labute approximate surface area is 125 Å². The molecule has 1 fully saturated rings. The Bertz CT molecular complexity index is 787. The number of hydrogen-bond acceptors (Lipinski definition) is 5. The zero-order valence-corrected chi connectivity index (χ0v) is 11.6. The van der Waals surface area contributed by atoms with E-state index in [0.717, 1.165) is 12.8 Å². The van der Waals surface area contributed by atoms with Crippen molar-refractivity contribution in [3.63, 3.8) is 0 Å². The predicted molar refractivity (Wildman–Crippen MR) is 74.6 cm³/mol. The van der Waals surface area contributed by atoms with Gasteiger partial charge in [0.2, 0.25) is 5.91 Å². The third-order valence-electron chi connectivity index (χ3n) is 3.56. The molecule has 0 atom stereocenters. The van der Waals surface area contributed by atoms with Crippen LogP contribution in [0, 0.1) is 11.3 Å². The van der Waals surface area contributed by atoms with Crippen molar-refractivity contribution in [2.45, 2.75) is 25.4 Å². The van der Waals surface area contributed by atoms with E-state index in [9.17, 15) is 9.59 Å². The van der Waals surface area contributed by atoms with Crippen LogP contribution in [0.15, 0.2) is 18.5 Å². The molecule has 0 aliphatic heterocycles. The monoisotopic (exact) mass is 299 g/mol. The highest BCUT2D eigenvalue weighted by Gasteiger charge is 2.34. The summed E-state index contributed by atoms with van der Waals surface area (Å²) in [5.74, 6) is -1.35. The molecule has 0 saturated heterocycles. The number of aliphatic carboxylic acids is 1. The van der Waals surface area contributed by atoms with Gasteiger partial charge in [0, 0.05) is 17.6 Å². The number of carboxylic acid groups (broad SMARTS) is 1.